The molecule has 0 unspecified atom stereocenters. The van der Waals surface area contributed by atoms with Crippen molar-refractivity contribution in [2.75, 3.05) is 13.6 Å². The standard InChI is InChI=1S/C20H22N2O3/c1-21-19(23)16-9-11-17(12-10-16)25-18-8-5-13-22(20(18)24)14-15-6-3-2-4-7-15/h2-4,6-7,9-12,18H,5,8,13-14H2,1H3,(H,21,23)/t18-/m1/s1. The van der Waals surface area contributed by atoms with Crippen molar-refractivity contribution in [2.45, 2.75) is 25.5 Å². The van der Waals surface area contributed by atoms with Crippen LogP contribution in [-0.4, -0.2) is 36.4 Å². The third-order valence-corrected chi connectivity index (χ3v) is 4.32. The molecule has 0 spiro atoms. The molecule has 5 nitrogen and oxygen atoms in total. The van der Waals surface area contributed by atoms with E-state index in [1.807, 2.05) is 35.2 Å². The molecule has 5 heteroatoms. The van der Waals surface area contributed by atoms with Gasteiger partial charge in [-0.15, -0.1) is 0 Å². The fraction of sp³-hybridized carbons (Fsp3) is 0.300. The van der Waals surface area contributed by atoms with Gasteiger partial charge in [0, 0.05) is 25.7 Å². The number of ether oxygens (including phenoxy) is 1. The lowest BCUT2D eigenvalue weighted by atomic mass is 10.1. The van der Waals surface area contributed by atoms with Gasteiger partial charge in [-0.1, -0.05) is 30.3 Å². The topological polar surface area (TPSA) is 58.6 Å². The van der Waals surface area contributed by atoms with Crippen LogP contribution in [-0.2, 0) is 11.3 Å². The van der Waals surface area contributed by atoms with Crippen LogP contribution >= 0.6 is 0 Å². The molecule has 3 rings (SSSR count). The minimum absolute atomic E-state index is 0.0190. The molecule has 1 fully saturated rings. The first kappa shape index (κ1) is 17.0. The Kier molecular flexibility index (Phi) is 5.33. The van der Waals surface area contributed by atoms with Crippen LogP contribution in [0.3, 0.4) is 0 Å². The predicted octanol–water partition coefficient (Wildman–Crippen LogP) is 2.62. The molecule has 0 radical (unpaired) electrons. The van der Waals surface area contributed by atoms with Gasteiger partial charge in [0.15, 0.2) is 6.10 Å². The van der Waals surface area contributed by atoms with E-state index in [0.717, 1.165) is 18.5 Å². The minimum atomic E-state index is -0.469. The number of rotatable bonds is 5. The van der Waals surface area contributed by atoms with Crippen LogP contribution in [0, 0.1) is 0 Å². The Bertz CT molecular complexity index is 728. The van der Waals surface area contributed by atoms with E-state index in [4.69, 9.17) is 4.74 Å². The summed E-state index contributed by atoms with van der Waals surface area (Å²) in [4.78, 5) is 26.1. The SMILES string of the molecule is CNC(=O)c1ccc(O[C@@H]2CCCN(Cc3ccccc3)C2=O)cc1. The van der Waals surface area contributed by atoms with Crippen molar-refractivity contribution in [1.29, 1.82) is 0 Å². The van der Waals surface area contributed by atoms with Crippen LogP contribution in [0.4, 0.5) is 0 Å². The van der Waals surface area contributed by atoms with Crippen LogP contribution in [0.2, 0.25) is 0 Å². The lowest BCUT2D eigenvalue weighted by Crippen LogP contribution is -2.46. The summed E-state index contributed by atoms with van der Waals surface area (Å²) in [5.41, 5.74) is 1.68. The molecule has 0 bridgehead atoms. The Balaban J connectivity index is 1.64. The zero-order valence-corrected chi connectivity index (χ0v) is 14.3. The summed E-state index contributed by atoms with van der Waals surface area (Å²) in [7, 11) is 1.59. The van der Waals surface area contributed by atoms with E-state index in [2.05, 4.69) is 5.32 Å². The molecule has 2 amide bonds. The molecule has 2 aromatic carbocycles. The van der Waals surface area contributed by atoms with Crippen LogP contribution in [0.15, 0.2) is 54.6 Å². The highest BCUT2D eigenvalue weighted by Crippen LogP contribution is 2.21. The van der Waals surface area contributed by atoms with E-state index in [-0.39, 0.29) is 11.8 Å². The van der Waals surface area contributed by atoms with Crippen molar-refractivity contribution in [1.82, 2.24) is 10.2 Å². The molecule has 0 saturated carbocycles. The minimum Gasteiger partial charge on any atom is -0.481 e. The second-order valence-corrected chi connectivity index (χ2v) is 6.10. The Morgan fingerprint density at radius 2 is 1.88 bits per heavy atom. The van der Waals surface area contributed by atoms with Gasteiger partial charge in [0.2, 0.25) is 0 Å². The average Bonchev–Trinajstić information content (AvgIpc) is 2.66. The quantitative estimate of drug-likeness (QED) is 0.912. The maximum Gasteiger partial charge on any atom is 0.263 e. The fourth-order valence-electron chi connectivity index (χ4n) is 2.97. The van der Waals surface area contributed by atoms with Gasteiger partial charge < -0.3 is 15.0 Å². The highest BCUT2D eigenvalue weighted by Gasteiger charge is 2.30. The first-order chi connectivity index (χ1) is 12.2. The third kappa shape index (κ3) is 4.18. The summed E-state index contributed by atoms with van der Waals surface area (Å²) in [5.74, 6) is 0.479. The van der Waals surface area contributed by atoms with Gasteiger partial charge in [0.1, 0.15) is 5.75 Å². The molecule has 0 aliphatic carbocycles. The number of hydrogen-bond acceptors (Lipinski definition) is 3. The molecule has 1 N–H and O–H groups in total. The summed E-state index contributed by atoms with van der Waals surface area (Å²) in [6.45, 7) is 1.36. The van der Waals surface area contributed by atoms with E-state index in [9.17, 15) is 9.59 Å². The molecule has 1 aliphatic heterocycles. The summed E-state index contributed by atoms with van der Waals surface area (Å²) >= 11 is 0. The molecule has 1 saturated heterocycles. The van der Waals surface area contributed by atoms with Crippen molar-refractivity contribution in [2.24, 2.45) is 0 Å². The number of likely N-dealkylation sites (tertiary alicyclic amines) is 1. The Morgan fingerprint density at radius 1 is 1.16 bits per heavy atom. The maximum absolute atomic E-state index is 12.7. The lowest BCUT2D eigenvalue weighted by molar-refractivity contribution is -0.142. The molecular weight excluding hydrogens is 316 g/mol. The molecule has 130 valence electrons. The largest absolute Gasteiger partial charge is 0.481 e. The van der Waals surface area contributed by atoms with Gasteiger partial charge in [-0.05, 0) is 42.7 Å². The van der Waals surface area contributed by atoms with Gasteiger partial charge in [-0.25, -0.2) is 0 Å². The number of hydrogen-bond donors (Lipinski definition) is 1. The zero-order chi connectivity index (χ0) is 17.6. The lowest BCUT2D eigenvalue weighted by Gasteiger charge is -2.32. The normalized spacial score (nSPS) is 17.2. The van der Waals surface area contributed by atoms with Crippen LogP contribution in [0.1, 0.15) is 28.8 Å². The Labute approximate surface area is 147 Å². The molecule has 2 aromatic rings. The van der Waals surface area contributed by atoms with Crippen molar-refractivity contribution in [3.05, 3.63) is 65.7 Å². The van der Waals surface area contributed by atoms with Gasteiger partial charge >= 0.3 is 0 Å². The number of benzene rings is 2. The summed E-state index contributed by atoms with van der Waals surface area (Å²) < 4.78 is 5.88. The van der Waals surface area contributed by atoms with Crippen molar-refractivity contribution in [3.8, 4) is 5.75 Å². The van der Waals surface area contributed by atoms with E-state index in [1.165, 1.54) is 0 Å². The summed E-state index contributed by atoms with van der Waals surface area (Å²) in [6.07, 6.45) is 1.16. The van der Waals surface area contributed by atoms with Gasteiger partial charge in [-0.3, -0.25) is 9.59 Å². The van der Waals surface area contributed by atoms with Crippen molar-refractivity contribution < 1.29 is 14.3 Å². The second kappa shape index (κ2) is 7.83. The van der Waals surface area contributed by atoms with Crippen LogP contribution in [0.5, 0.6) is 5.75 Å². The number of nitrogens with zero attached hydrogens (tertiary/aromatic N) is 1. The van der Waals surface area contributed by atoms with Gasteiger partial charge in [0.25, 0.3) is 11.8 Å². The maximum atomic E-state index is 12.7. The molecule has 25 heavy (non-hydrogen) atoms. The molecule has 0 aromatic heterocycles. The zero-order valence-electron chi connectivity index (χ0n) is 14.3. The number of amides is 2. The fourth-order valence-corrected chi connectivity index (χ4v) is 2.97. The molecular formula is C20H22N2O3. The van der Waals surface area contributed by atoms with Gasteiger partial charge in [-0.2, -0.15) is 0 Å². The van der Waals surface area contributed by atoms with Crippen molar-refractivity contribution >= 4 is 11.8 Å². The van der Waals surface area contributed by atoms with Crippen molar-refractivity contribution in [3.63, 3.8) is 0 Å². The monoisotopic (exact) mass is 338 g/mol. The van der Waals surface area contributed by atoms with E-state index < -0.39 is 6.10 Å². The molecule has 1 aliphatic rings. The summed E-state index contributed by atoms with van der Waals surface area (Å²) in [6, 6.07) is 16.8. The number of nitrogens with one attached hydrogen (secondary N) is 1. The van der Waals surface area contributed by atoms with Gasteiger partial charge in [0.05, 0.1) is 0 Å². The molecule has 1 heterocycles. The first-order valence-electron chi connectivity index (χ1n) is 8.49. The number of carbonyl (C=O) groups is 2. The first-order valence-corrected chi connectivity index (χ1v) is 8.49. The van der Waals surface area contributed by atoms with E-state index >= 15 is 0 Å². The smallest absolute Gasteiger partial charge is 0.263 e. The number of carbonyl (C=O) groups excluding carboxylic acids is 2. The Hall–Kier alpha value is -2.82. The van der Waals surface area contributed by atoms with Crippen LogP contribution < -0.4 is 10.1 Å². The average molecular weight is 338 g/mol. The van der Waals surface area contributed by atoms with Crippen LogP contribution in [0.25, 0.3) is 0 Å². The second-order valence-electron chi connectivity index (χ2n) is 6.10. The highest BCUT2D eigenvalue weighted by atomic mass is 16.5. The predicted molar refractivity (Wildman–Crippen MR) is 95.3 cm³/mol. The summed E-state index contributed by atoms with van der Waals surface area (Å²) in [5, 5.41) is 2.58. The number of piperidine rings is 1. The Morgan fingerprint density at radius 3 is 2.56 bits per heavy atom. The van der Waals surface area contributed by atoms with E-state index in [0.29, 0.717) is 24.3 Å². The third-order valence-electron chi connectivity index (χ3n) is 4.32. The highest BCUT2D eigenvalue weighted by molar-refractivity contribution is 5.94. The molecule has 1 atom stereocenters. The van der Waals surface area contributed by atoms with E-state index in [1.54, 1.807) is 31.3 Å².